The second kappa shape index (κ2) is 8.36. The Morgan fingerprint density at radius 3 is 2.10 bits per heavy atom. The molecule has 2 aromatic rings. The molecule has 0 saturated carbocycles. The van der Waals surface area contributed by atoms with E-state index >= 15 is 0 Å². The first-order valence-corrected chi connectivity index (χ1v) is 12.0. The number of sulfonamides is 2. The van der Waals surface area contributed by atoms with Crippen molar-refractivity contribution in [2.75, 3.05) is 26.2 Å². The van der Waals surface area contributed by atoms with Gasteiger partial charge < -0.3 is 0 Å². The fourth-order valence-electron chi connectivity index (χ4n) is 3.05. The van der Waals surface area contributed by atoms with Crippen LogP contribution < -0.4 is 0 Å². The molecule has 29 heavy (non-hydrogen) atoms. The molecule has 0 spiro atoms. The van der Waals surface area contributed by atoms with Crippen LogP contribution in [0.3, 0.4) is 0 Å². The number of rotatable bonds is 6. The number of piperazine rings is 1. The van der Waals surface area contributed by atoms with Gasteiger partial charge in [0.25, 0.3) is 5.69 Å². The molecule has 1 aliphatic rings. The number of benzene rings is 2. The van der Waals surface area contributed by atoms with Crippen molar-refractivity contribution < 1.29 is 21.8 Å². The van der Waals surface area contributed by atoms with E-state index in [2.05, 4.69) is 0 Å². The summed E-state index contributed by atoms with van der Waals surface area (Å²) in [6.45, 7) is -0.266. The van der Waals surface area contributed by atoms with E-state index in [1.807, 2.05) is 0 Å². The minimum atomic E-state index is -4.17. The summed E-state index contributed by atoms with van der Waals surface area (Å²) >= 11 is 5.75. The summed E-state index contributed by atoms with van der Waals surface area (Å²) in [5, 5.41) is 11.3. The van der Waals surface area contributed by atoms with Gasteiger partial charge in [0.2, 0.25) is 20.0 Å². The Bertz CT molecular complexity index is 1120. The Hall–Kier alpha value is -2.05. The molecular weight excluding hydrogens is 442 g/mol. The van der Waals surface area contributed by atoms with Crippen molar-refractivity contribution in [2.24, 2.45) is 0 Å². The van der Waals surface area contributed by atoms with Crippen LogP contribution >= 0.6 is 11.6 Å². The zero-order valence-electron chi connectivity index (χ0n) is 15.1. The summed E-state index contributed by atoms with van der Waals surface area (Å²) in [4.78, 5) is 9.97. The molecule has 2 aromatic carbocycles. The molecule has 1 fully saturated rings. The average molecular weight is 460 g/mol. The standard InChI is InChI=1S/C17H18ClN3O6S2/c18-15-6-7-17(16(12-15)21(22)23)29(26,27)20-10-8-19(9-11-20)28(24,25)13-14-4-2-1-3-5-14/h1-7,12H,8-11,13H2. The largest absolute Gasteiger partial charge is 0.290 e. The van der Waals surface area contributed by atoms with Gasteiger partial charge in [-0.05, 0) is 17.7 Å². The maximum atomic E-state index is 12.9. The highest BCUT2D eigenvalue weighted by Crippen LogP contribution is 2.30. The third-order valence-corrected chi connectivity index (χ3v) is 8.55. The summed E-state index contributed by atoms with van der Waals surface area (Å²) < 4.78 is 53.3. The summed E-state index contributed by atoms with van der Waals surface area (Å²) in [5.41, 5.74) is 0.0240. The summed E-state index contributed by atoms with van der Waals surface area (Å²) in [6, 6.07) is 12.0. The fraction of sp³-hybridized carbons (Fsp3) is 0.294. The van der Waals surface area contributed by atoms with Crippen molar-refractivity contribution >= 4 is 37.3 Å². The first-order chi connectivity index (χ1) is 13.6. The molecule has 0 N–H and O–H groups in total. The topological polar surface area (TPSA) is 118 Å². The van der Waals surface area contributed by atoms with Gasteiger partial charge in [0.1, 0.15) is 0 Å². The van der Waals surface area contributed by atoms with E-state index in [0.717, 1.165) is 16.4 Å². The summed E-state index contributed by atoms with van der Waals surface area (Å²) in [5.74, 6) is -0.177. The van der Waals surface area contributed by atoms with Crippen LogP contribution in [0.15, 0.2) is 53.4 Å². The lowest BCUT2D eigenvalue weighted by Crippen LogP contribution is -2.50. The molecule has 0 radical (unpaired) electrons. The average Bonchev–Trinajstić information content (AvgIpc) is 2.68. The molecule has 156 valence electrons. The third kappa shape index (κ3) is 4.75. The lowest BCUT2D eigenvalue weighted by Gasteiger charge is -2.33. The number of nitro benzene ring substituents is 1. The van der Waals surface area contributed by atoms with Gasteiger partial charge in [-0.25, -0.2) is 16.8 Å². The Morgan fingerprint density at radius 2 is 1.52 bits per heavy atom. The highest BCUT2D eigenvalue weighted by atomic mass is 35.5. The predicted molar refractivity (Wildman–Crippen MR) is 108 cm³/mol. The van der Waals surface area contributed by atoms with Crippen LogP contribution in [0, 0.1) is 10.1 Å². The van der Waals surface area contributed by atoms with Gasteiger partial charge in [-0.3, -0.25) is 10.1 Å². The Kier molecular flexibility index (Phi) is 6.24. The van der Waals surface area contributed by atoms with Crippen LogP contribution in [0.1, 0.15) is 5.56 Å². The van der Waals surface area contributed by atoms with Gasteiger partial charge in [-0.15, -0.1) is 0 Å². The van der Waals surface area contributed by atoms with Crippen molar-refractivity contribution in [2.45, 2.75) is 10.6 Å². The van der Waals surface area contributed by atoms with Gasteiger partial charge >= 0.3 is 0 Å². The molecule has 0 bridgehead atoms. The lowest BCUT2D eigenvalue weighted by molar-refractivity contribution is -0.387. The van der Waals surface area contributed by atoms with Gasteiger partial charge in [0, 0.05) is 37.3 Å². The highest BCUT2D eigenvalue weighted by Gasteiger charge is 2.36. The van der Waals surface area contributed by atoms with Crippen molar-refractivity contribution in [3.63, 3.8) is 0 Å². The minimum absolute atomic E-state index is 0.0320. The van der Waals surface area contributed by atoms with Gasteiger partial charge in [-0.2, -0.15) is 8.61 Å². The van der Waals surface area contributed by atoms with Crippen molar-refractivity contribution in [3.8, 4) is 0 Å². The van der Waals surface area contributed by atoms with E-state index < -0.39 is 35.6 Å². The number of halogens is 1. The third-order valence-electron chi connectivity index (χ3n) is 4.52. The first kappa shape index (κ1) is 21.7. The Labute approximate surface area is 173 Å². The molecular formula is C17H18ClN3O6S2. The van der Waals surface area contributed by atoms with E-state index in [-0.39, 0.29) is 37.0 Å². The minimum Gasteiger partial charge on any atom is -0.258 e. The first-order valence-electron chi connectivity index (χ1n) is 8.57. The summed E-state index contributed by atoms with van der Waals surface area (Å²) in [6.07, 6.45) is 0. The zero-order valence-corrected chi connectivity index (χ0v) is 17.5. The maximum absolute atomic E-state index is 12.9. The van der Waals surface area contributed by atoms with Gasteiger partial charge in [0.05, 0.1) is 10.7 Å². The number of hydrogen-bond acceptors (Lipinski definition) is 6. The SMILES string of the molecule is O=[N+]([O-])c1cc(Cl)ccc1S(=O)(=O)N1CCN(S(=O)(=O)Cc2ccccc2)CC1. The molecule has 0 aromatic heterocycles. The normalized spacial score (nSPS) is 16.6. The Balaban J connectivity index is 1.76. The van der Waals surface area contributed by atoms with Crippen LogP contribution in [0.5, 0.6) is 0 Å². The van der Waals surface area contributed by atoms with Crippen LogP contribution in [0.2, 0.25) is 5.02 Å². The van der Waals surface area contributed by atoms with E-state index in [0.29, 0.717) is 5.56 Å². The van der Waals surface area contributed by atoms with Crippen LogP contribution in [-0.4, -0.2) is 56.5 Å². The van der Waals surface area contributed by atoms with Gasteiger partial charge in [0.15, 0.2) is 4.90 Å². The predicted octanol–water partition coefficient (Wildman–Crippen LogP) is 2.08. The second-order valence-corrected chi connectivity index (χ2v) is 10.7. The fourth-order valence-corrected chi connectivity index (χ4v) is 6.30. The molecule has 1 heterocycles. The van der Waals surface area contributed by atoms with E-state index in [1.165, 1.54) is 10.4 Å². The molecule has 0 amide bonds. The second-order valence-electron chi connectivity index (χ2n) is 6.41. The van der Waals surface area contributed by atoms with Crippen molar-refractivity contribution in [1.29, 1.82) is 0 Å². The van der Waals surface area contributed by atoms with E-state index in [4.69, 9.17) is 11.6 Å². The molecule has 12 heteroatoms. The van der Waals surface area contributed by atoms with Crippen molar-refractivity contribution in [3.05, 3.63) is 69.2 Å². The molecule has 9 nitrogen and oxygen atoms in total. The molecule has 0 unspecified atom stereocenters. The molecule has 0 atom stereocenters. The number of nitro groups is 1. The van der Waals surface area contributed by atoms with Crippen LogP contribution in [0.4, 0.5) is 5.69 Å². The number of nitrogens with zero attached hydrogens (tertiary/aromatic N) is 3. The van der Waals surface area contributed by atoms with E-state index in [1.54, 1.807) is 30.3 Å². The smallest absolute Gasteiger partial charge is 0.258 e. The molecule has 1 saturated heterocycles. The quantitative estimate of drug-likeness (QED) is 0.482. The van der Waals surface area contributed by atoms with E-state index in [9.17, 15) is 26.9 Å². The monoisotopic (exact) mass is 459 g/mol. The van der Waals surface area contributed by atoms with Crippen molar-refractivity contribution in [1.82, 2.24) is 8.61 Å². The lowest BCUT2D eigenvalue weighted by atomic mass is 10.2. The highest BCUT2D eigenvalue weighted by molar-refractivity contribution is 7.89. The summed E-state index contributed by atoms with van der Waals surface area (Å²) in [7, 11) is -7.78. The zero-order chi connectivity index (χ0) is 21.2. The molecule has 3 rings (SSSR count). The number of hydrogen-bond donors (Lipinski definition) is 0. The Morgan fingerprint density at radius 1 is 0.931 bits per heavy atom. The van der Waals surface area contributed by atoms with Crippen LogP contribution in [0.25, 0.3) is 0 Å². The van der Waals surface area contributed by atoms with Gasteiger partial charge in [-0.1, -0.05) is 41.9 Å². The maximum Gasteiger partial charge on any atom is 0.290 e. The molecule has 1 aliphatic heterocycles. The van der Waals surface area contributed by atoms with Crippen LogP contribution in [-0.2, 0) is 25.8 Å². The molecule has 0 aliphatic carbocycles.